The molecule has 2 heterocycles. The summed E-state index contributed by atoms with van der Waals surface area (Å²) in [7, 11) is -3.46. The van der Waals surface area contributed by atoms with E-state index in [4.69, 9.17) is 9.47 Å². The Balaban J connectivity index is 0.00000208. The highest BCUT2D eigenvalue weighted by Crippen LogP contribution is 2.33. The van der Waals surface area contributed by atoms with E-state index in [9.17, 15) is 8.42 Å². The van der Waals surface area contributed by atoms with E-state index in [-0.39, 0.29) is 17.3 Å². The van der Waals surface area contributed by atoms with E-state index in [0.29, 0.717) is 43.7 Å². The molecule has 0 aliphatic carbocycles. The van der Waals surface area contributed by atoms with Crippen LogP contribution in [0.1, 0.15) is 19.8 Å². The standard InChI is InChI=1S/C16H24N2O4S.ClH/c1-2-17-12-13-5-7-18(8-6-13)23(19,20)14-3-4-15-16(11-14)22-10-9-21-15;/h3-4,11,13,17H,2,5-10,12H2,1H3;1H. The van der Waals surface area contributed by atoms with Gasteiger partial charge in [-0.15, -0.1) is 12.4 Å². The minimum absolute atomic E-state index is 0. The average Bonchev–Trinajstić information content (AvgIpc) is 2.60. The van der Waals surface area contributed by atoms with Crippen molar-refractivity contribution >= 4 is 22.4 Å². The second-order valence-electron chi connectivity index (χ2n) is 5.96. The van der Waals surface area contributed by atoms with E-state index >= 15 is 0 Å². The molecule has 0 atom stereocenters. The van der Waals surface area contributed by atoms with E-state index in [1.165, 1.54) is 0 Å². The molecule has 136 valence electrons. The Morgan fingerprint density at radius 2 is 1.83 bits per heavy atom. The number of piperidine rings is 1. The van der Waals surface area contributed by atoms with Gasteiger partial charge in [0.15, 0.2) is 11.5 Å². The number of fused-ring (bicyclic) bond motifs is 1. The van der Waals surface area contributed by atoms with Crippen LogP contribution in [0.3, 0.4) is 0 Å². The highest BCUT2D eigenvalue weighted by molar-refractivity contribution is 7.89. The van der Waals surface area contributed by atoms with E-state index in [0.717, 1.165) is 25.9 Å². The molecule has 0 unspecified atom stereocenters. The third kappa shape index (κ3) is 4.14. The number of rotatable bonds is 5. The van der Waals surface area contributed by atoms with Gasteiger partial charge in [-0.05, 0) is 44.0 Å². The molecule has 1 saturated heterocycles. The molecule has 8 heteroatoms. The second kappa shape index (κ2) is 8.38. The molecular formula is C16H25ClN2O4S. The Bertz CT molecular complexity index is 645. The Kier molecular flexibility index (Phi) is 6.74. The van der Waals surface area contributed by atoms with Crippen molar-refractivity contribution in [3.05, 3.63) is 18.2 Å². The van der Waals surface area contributed by atoms with Gasteiger partial charge in [0.2, 0.25) is 10.0 Å². The molecule has 1 aromatic rings. The molecule has 24 heavy (non-hydrogen) atoms. The number of sulfonamides is 1. The number of nitrogens with zero attached hydrogens (tertiary/aromatic N) is 1. The first-order valence-electron chi connectivity index (χ1n) is 8.22. The maximum absolute atomic E-state index is 12.8. The quantitative estimate of drug-likeness (QED) is 0.849. The minimum Gasteiger partial charge on any atom is -0.486 e. The molecule has 1 N–H and O–H groups in total. The summed E-state index contributed by atoms with van der Waals surface area (Å²) in [6.45, 7) is 6.11. The smallest absolute Gasteiger partial charge is 0.243 e. The van der Waals surface area contributed by atoms with Gasteiger partial charge in [-0.2, -0.15) is 4.31 Å². The number of ether oxygens (including phenoxy) is 2. The van der Waals surface area contributed by atoms with Crippen molar-refractivity contribution in [2.24, 2.45) is 5.92 Å². The molecule has 0 spiro atoms. The van der Waals surface area contributed by atoms with Crippen LogP contribution in [0.2, 0.25) is 0 Å². The number of hydrogen-bond donors (Lipinski definition) is 1. The molecule has 2 aliphatic rings. The van der Waals surface area contributed by atoms with Crippen molar-refractivity contribution in [3.63, 3.8) is 0 Å². The lowest BCUT2D eigenvalue weighted by Gasteiger charge is -2.31. The Morgan fingerprint density at radius 3 is 2.50 bits per heavy atom. The largest absolute Gasteiger partial charge is 0.486 e. The van der Waals surface area contributed by atoms with Crippen LogP contribution >= 0.6 is 12.4 Å². The van der Waals surface area contributed by atoms with Crippen LogP contribution in [0.15, 0.2) is 23.1 Å². The Morgan fingerprint density at radius 1 is 1.17 bits per heavy atom. The van der Waals surface area contributed by atoms with E-state index < -0.39 is 10.0 Å². The molecule has 0 amide bonds. The summed E-state index contributed by atoms with van der Waals surface area (Å²) in [5, 5.41) is 3.34. The fourth-order valence-corrected chi connectivity index (χ4v) is 4.52. The van der Waals surface area contributed by atoms with Crippen molar-refractivity contribution < 1.29 is 17.9 Å². The molecular weight excluding hydrogens is 352 g/mol. The monoisotopic (exact) mass is 376 g/mol. The van der Waals surface area contributed by atoms with E-state index in [1.807, 2.05) is 0 Å². The Hall–Kier alpha value is -1.02. The minimum atomic E-state index is -3.46. The maximum Gasteiger partial charge on any atom is 0.243 e. The van der Waals surface area contributed by atoms with Crippen LogP contribution in [-0.2, 0) is 10.0 Å². The topological polar surface area (TPSA) is 67.9 Å². The fraction of sp³-hybridized carbons (Fsp3) is 0.625. The second-order valence-corrected chi connectivity index (χ2v) is 7.90. The van der Waals surface area contributed by atoms with Gasteiger partial charge in [-0.3, -0.25) is 0 Å². The van der Waals surface area contributed by atoms with Gasteiger partial charge in [0, 0.05) is 19.2 Å². The molecule has 6 nitrogen and oxygen atoms in total. The van der Waals surface area contributed by atoms with E-state index in [1.54, 1.807) is 22.5 Å². The first-order valence-corrected chi connectivity index (χ1v) is 9.66. The predicted octanol–water partition coefficient (Wildman–Crippen LogP) is 1.89. The zero-order valence-corrected chi connectivity index (χ0v) is 15.5. The normalized spacial score (nSPS) is 18.9. The zero-order chi connectivity index (χ0) is 16.3. The van der Waals surface area contributed by atoms with Gasteiger partial charge in [0.25, 0.3) is 0 Å². The lowest BCUT2D eigenvalue weighted by Crippen LogP contribution is -2.40. The fourth-order valence-electron chi connectivity index (χ4n) is 3.04. The van der Waals surface area contributed by atoms with Crippen LogP contribution < -0.4 is 14.8 Å². The number of hydrogen-bond acceptors (Lipinski definition) is 5. The summed E-state index contributed by atoms with van der Waals surface area (Å²) < 4.78 is 38.1. The summed E-state index contributed by atoms with van der Waals surface area (Å²) in [6.07, 6.45) is 1.80. The molecule has 1 fully saturated rings. The van der Waals surface area contributed by atoms with Crippen molar-refractivity contribution in [2.75, 3.05) is 39.4 Å². The van der Waals surface area contributed by atoms with Crippen LogP contribution in [0.25, 0.3) is 0 Å². The van der Waals surface area contributed by atoms with Crippen LogP contribution in [0.4, 0.5) is 0 Å². The summed E-state index contributed by atoms with van der Waals surface area (Å²) in [5.41, 5.74) is 0. The summed E-state index contributed by atoms with van der Waals surface area (Å²) in [5.74, 6) is 1.68. The number of benzene rings is 1. The lowest BCUT2D eigenvalue weighted by molar-refractivity contribution is 0.171. The average molecular weight is 377 g/mol. The van der Waals surface area contributed by atoms with Gasteiger partial charge in [0.1, 0.15) is 13.2 Å². The van der Waals surface area contributed by atoms with Crippen molar-refractivity contribution in [1.82, 2.24) is 9.62 Å². The molecule has 3 rings (SSSR count). The molecule has 1 aromatic carbocycles. The van der Waals surface area contributed by atoms with Gasteiger partial charge in [-0.25, -0.2) is 8.42 Å². The molecule has 0 saturated carbocycles. The van der Waals surface area contributed by atoms with Gasteiger partial charge < -0.3 is 14.8 Å². The first-order chi connectivity index (χ1) is 11.1. The van der Waals surface area contributed by atoms with E-state index in [2.05, 4.69) is 12.2 Å². The molecule has 2 aliphatic heterocycles. The lowest BCUT2D eigenvalue weighted by atomic mass is 9.98. The van der Waals surface area contributed by atoms with Crippen LogP contribution in [0, 0.1) is 5.92 Å². The van der Waals surface area contributed by atoms with Crippen LogP contribution in [-0.4, -0.2) is 52.1 Å². The summed E-state index contributed by atoms with van der Waals surface area (Å²) >= 11 is 0. The highest BCUT2D eigenvalue weighted by atomic mass is 35.5. The van der Waals surface area contributed by atoms with Crippen molar-refractivity contribution in [1.29, 1.82) is 0 Å². The Labute approximate surface area is 150 Å². The predicted molar refractivity (Wildman–Crippen MR) is 94.7 cm³/mol. The molecule has 0 bridgehead atoms. The third-order valence-electron chi connectivity index (χ3n) is 4.41. The summed E-state index contributed by atoms with van der Waals surface area (Å²) in [6, 6.07) is 4.86. The number of halogens is 1. The van der Waals surface area contributed by atoms with Crippen molar-refractivity contribution in [2.45, 2.75) is 24.7 Å². The molecule has 0 radical (unpaired) electrons. The maximum atomic E-state index is 12.8. The van der Waals surface area contributed by atoms with Gasteiger partial charge in [0.05, 0.1) is 4.90 Å². The highest BCUT2D eigenvalue weighted by Gasteiger charge is 2.30. The SMILES string of the molecule is CCNCC1CCN(S(=O)(=O)c2ccc3c(c2)OCCO3)CC1.Cl. The first kappa shape index (κ1) is 19.3. The number of nitrogens with one attached hydrogen (secondary N) is 1. The summed E-state index contributed by atoms with van der Waals surface area (Å²) in [4.78, 5) is 0.284. The van der Waals surface area contributed by atoms with Crippen molar-refractivity contribution in [3.8, 4) is 11.5 Å². The molecule has 0 aromatic heterocycles. The zero-order valence-electron chi connectivity index (χ0n) is 13.9. The van der Waals surface area contributed by atoms with Crippen LogP contribution in [0.5, 0.6) is 11.5 Å². The van der Waals surface area contributed by atoms with Gasteiger partial charge in [-0.1, -0.05) is 6.92 Å². The van der Waals surface area contributed by atoms with Gasteiger partial charge >= 0.3 is 0 Å². The third-order valence-corrected chi connectivity index (χ3v) is 6.30.